The van der Waals surface area contributed by atoms with Gasteiger partial charge in [0.2, 0.25) is 0 Å². The highest BCUT2D eigenvalue weighted by Crippen LogP contribution is 2.62. The van der Waals surface area contributed by atoms with Crippen LogP contribution in [0, 0.1) is 29.1 Å². The molecule has 0 bridgehead atoms. The van der Waals surface area contributed by atoms with Crippen molar-refractivity contribution in [3.63, 3.8) is 0 Å². The summed E-state index contributed by atoms with van der Waals surface area (Å²) in [6.45, 7) is 5.62. The van der Waals surface area contributed by atoms with Crippen LogP contribution in [0.2, 0.25) is 0 Å². The second-order valence-corrected chi connectivity index (χ2v) is 8.99. The van der Waals surface area contributed by atoms with Crippen LogP contribution in [-0.2, 0) is 9.53 Å². The van der Waals surface area contributed by atoms with E-state index in [1.54, 1.807) is 6.08 Å². The summed E-state index contributed by atoms with van der Waals surface area (Å²) >= 11 is 0. The van der Waals surface area contributed by atoms with E-state index in [1.165, 1.54) is 6.92 Å². The SMILES string of the molecule is CC1CC[C@@H]2[C@@H](C)[C@](O)(C(F)(F)F)CC[C@@]2(C)[C@@H]1C/C=C1/C(=O)OC[C@H]1O. The van der Waals surface area contributed by atoms with Gasteiger partial charge in [0.1, 0.15) is 12.7 Å². The van der Waals surface area contributed by atoms with E-state index in [0.29, 0.717) is 25.2 Å². The molecule has 2 saturated carbocycles. The Kier molecular flexibility index (Phi) is 5.17. The van der Waals surface area contributed by atoms with E-state index in [0.717, 1.165) is 6.42 Å². The molecule has 3 fully saturated rings. The molecule has 7 heteroatoms. The predicted molar refractivity (Wildman–Crippen MR) is 92.6 cm³/mol. The maximum atomic E-state index is 13.5. The van der Waals surface area contributed by atoms with Gasteiger partial charge in [0.25, 0.3) is 0 Å². The summed E-state index contributed by atoms with van der Waals surface area (Å²) in [4.78, 5) is 11.7. The first-order valence-corrected chi connectivity index (χ1v) is 9.76. The quantitative estimate of drug-likeness (QED) is 0.558. The van der Waals surface area contributed by atoms with Gasteiger partial charge in [-0.2, -0.15) is 13.2 Å². The summed E-state index contributed by atoms with van der Waals surface area (Å²) in [6, 6.07) is 0. The average molecular weight is 390 g/mol. The van der Waals surface area contributed by atoms with Crippen molar-refractivity contribution in [3.05, 3.63) is 11.6 Å². The van der Waals surface area contributed by atoms with Gasteiger partial charge in [-0.05, 0) is 54.8 Å². The largest absolute Gasteiger partial charge is 0.459 e. The molecule has 0 aromatic rings. The fraction of sp³-hybridized carbons (Fsp3) is 0.850. The van der Waals surface area contributed by atoms with Crippen molar-refractivity contribution in [3.8, 4) is 0 Å². The number of esters is 1. The number of fused-ring (bicyclic) bond motifs is 1. The third-order valence-electron chi connectivity index (χ3n) is 7.77. The highest BCUT2D eigenvalue weighted by molar-refractivity contribution is 5.91. The summed E-state index contributed by atoms with van der Waals surface area (Å²) in [5.41, 5.74) is -2.73. The number of carbonyl (C=O) groups excluding carboxylic acids is 1. The van der Waals surface area contributed by atoms with Gasteiger partial charge in [0.05, 0.1) is 5.57 Å². The maximum Gasteiger partial charge on any atom is 0.417 e. The molecule has 2 aliphatic carbocycles. The van der Waals surface area contributed by atoms with E-state index in [9.17, 15) is 28.2 Å². The number of aliphatic hydroxyl groups is 2. The van der Waals surface area contributed by atoms with Crippen molar-refractivity contribution in [2.45, 2.75) is 70.8 Å². The lowest BCUT2D eigenvalue weighted by Crippen LogP contribution is -2.61. The number of aliphatic hydroxyl groups excluding tert-OH is 1. The Balaban J connectivity index is 1.87. The second-order valence-electron chi connectivity index (χ2n) is 8.99. The van der Waals surface area contributed by atoms with Crippen LogP contribution in [0.25, 0.3) is 0 Å². The molecule has 7 atom stereocenters. The minimum absolute atomic E-state index is 0.0412. The normalized spacial score (nSPS) is 47.0. The monoisotopic (exact) mass is 390 g/mol. The third kappa shape index (κ3) is 3.20. The number of ether oxygens (including phenoxy) is 1. The van der Waals surface area contributed by atoms with Crippen LogP contribution >= 0.6 is 0 Å². The van der Waals surface area contributed by atoms with Gasteiger partial charge in [-0.1, -0.05) is 33.3 Å². The lowest BCUT2D eigenvalue weighted by atomic mass is 9.47. The molecule has 0 spiro atoms. The summed E-state index contributed by atoms with van der Waals surface area (Å²) < 4.78 is 45.4. The Bertz CT molecular complexity index is 631. The van der Waals surface area contributed by atoms with Crippen molar-refractivity contribution in [1.82, 2.24) is 0 Å². The van der Waals surface area contributed by atoms with E-state index >= 15 is 0 Å². The number of rotatable bonds is 2. The molecule has 3 rings (SSSR count). The standard InChI is InChI=1S/C20H29F3O4/c1-11-4-6-15-12(2)19(26,20(21,22)23)9-8-18(15,3)14(11)7-5-13-16(24)10-27-17(13)25/h5,11-12,14-16,24,26H,4,6-10H2,1-3H3/b13-5+/t11?,12-,14-,15-,16-,18+,19+/m1/s1. The molecule has 1 aliphatic heterocycles. The van der Waals surface area contributed by atoms with Crippen molar-refractivity contribution >= 4 is 5.97 Å². The topological polar surface area (TPSA) is 66.8 Å². The Hall–Kier alpha value is -1.08. The number of cyclic esters (lactones) is 1. The van der Waals surface area contributed by atoms with Crippen LogP contribution in [0.5, 0.6) is 0 Å². The first kappa shape index (κ1) is 20.6. The van der Waals surface area contributed by atoms with Gasteiger partial charge < -0.3 is 14.9 Å². The molecule has 154 valence electrons. The van der Waals surface area contributed by atoms with Crippen LogP contribution in [0.1, 0.15) is 52.9 Å². The molecule has 1 unspecified atom stereocenters. The molecule has 27 heavy (non-hydrogen) atoms. The molecule has 0 aromatic carbocycles. The van der Waals surface area contributed by atoms with Crippen LogP contribution in [0.3, 0.4) is 0 Å². The number of carbonyl (C=O) groups is 1. The number of hydrogen-bond acceptors (Lipinski definition) is 4. The lowest BCUT2D eigenvalue weighted by molar-refractivity contribution is -0.309. The van der Waals surface area contributed by atoms with E-state index in [2.05, 4.69) is 6.92 Å². The number of allylic oxidation sites excluding steroid dienone is 1. The first-order valence-electron chi connectivity index (χ1n) is 9.76. The molecule has 1 heterocycles. The van der Waals surface area contributed by atoms with Gasteiger partial charge in [-0.3, -0.25) is 0 Å². The molecule has 0 aromatic heterocycles. The Morgan fingerprint density at radius 2 is 1.93 bits per heavy atom. The molecule has 1 saturated heterocycles. The maximum absolute atomic E-state index is 13.5. The fourth-order valence-electron chi connectivity index (χ4n) is 5.95. The van der Waals surface area contributed by atoms with Gasteiger partial charge in [0, 0.05) is 0 Å². The van der Waals surface area contributed by atoms with Gasteiger partial charge in [0.15, 0.2) is 5.60 Å². The van der Waals surface area contributed by atoms with E-state index in [4.69, 9.17) is 4.74 Å². The van der Waals surface area contributed by atoms with E-state index in [-0.39, 0.29) is 35.9 Å². The van der Waals surface area contributed by atoms with Crippen LogP contribution in [-0.4, -0.2) is 40.7 Å². The van der Waals surface area contributed by atoms with Gasteiger partial charge >= 0.3 is 12.1 Å². The van der Waals surface area contributed by atoms with Gasteiger partial charge in [-0.15, -0.1) is 0 Å². The molecule has 0 amide bonds. The summed E-state index contributed by atoms with van der Waals surface area (Å²) in [6.07, 6.45) is -1.88. The van der Waals surface area contributed by atoms with Gasteiger partial charge in [-0.25, -0.2) is 4.79 Å². The molecular weight excluding hydrogens is 361 g/mol. The zero-order chi connectivity index (χ0) is 20.2. The smallest absolute Gasteiger partial charge is 0.417 e. The molecule has 0 radical (unpaired) electrons. The highest BCUT2D eigenvalue weighted by Gasteiger charge is 2.65. The van der Waals surface area contributed by atoms with Crippen molar-refractivity contribution in [2.75, 3.05) is 6.61 Å². The predicted octanol–water partition coefficient (Wildman–Crippen LogP) is 3.61. The molecular formula is C20H29F3O4. The summed E-state index contributed by atoms with van der Waals surface area (Å²) in [5, 5.41) is 20.3. The van der Waals surface area contributed by atoms with Crippen LogP contribution < -0.4 is 0 Å². The number of alkyl halides is 3. The number of halogens is 3. The first-order chi connectivity index (χ1) is 12.4. The second kappa shape index (κ2) is 6.76. The number of hydrogen-bond donors (Lipinski definition) is 2. The molecule has 4 nitrogen and oxygen atoms in total. The fourth-order valence-corrected chi connectivity index (χ4v) is 5.95. The zero-order valence-corrected chi connectivity index (χ0v) is 16.1. The minimum atomic E-state index is -4.63. The minimum Gasteiger partial charge on any atom is -0.459 e. The van der Waals surface area contributed by atoms with E-state index < -0.39 is 29.8 Å². The molecule has 3 aliphatic rings. The third-order valence-corrected chi connectivity index (χ3v) is 7.77. The zero-order valence-electron chi connectivity index (χ0n) is 16.1. The average Bonchev–Trinajstić information content (AvgIpc) is 2.89. The lowest BCUT2D eigenvalue weighted by Gasteiger charge is -2.59. The van der Waals surface area contributed by atoms with E-state index in [1.807, 2.05) is 6.92 Å². The Morgan fingerprint density at radius 1 is 1.26 bits per heavy atom. The van der Waals surface area contributed by atoms with Crippen molar-refractivity contribution in [1.29, 1.82) is 0 Å². The highest BCUT2D eigenvalue weighted by atomic mass is 19.4. The molecule has 2 N–H and O–H groups in total. The van der Waals surface area contributed by atoms with Crippen LogP contribution in [0.4, 0.5) is 13.2 Å². The van der Waals surface area contributed by atoms with Crippen molar-refractivity contribution in [2.24, 2.45) is 29.1 Å². The summed E-state index contributed by atoms with van der Waals surface area (Å²) in [5.74, 6) is -1.25. The Morgan fingerprint density at radius 3 is 2.48 bits per heavy atom. The van der Waals surface area contributed by atoms with Crippen LogP contribution in [0.15, 0.2) is 11.6 Å². The Labute approximate surface area is 157 Å². The van der Waals surface area contributed by atoms with Crippen molar-refractivity contribution < 1.29 is 32.9 Å². The summed E-state index contributed by atoms with van der Waals surface area (Å²) in [7, 11) is 0.